The van der Waals surface area contributed by atoms with E-state index in [0.29, 0.717) is 5.92 Å². The van der Waals surface area contributed by atoms with Crippen molar-refractivity contribution in [2.75, 3.05) is 13.7 Å². The largest absolute Gasteiger partial charge is 0.496 e. The van der Waals surface area contributed by atoms with Crippen molar-refractivity contribution in [3.8, 4) is 5.75 Å². The highest BCUT2D eigenvalue weighted by molar-refractivity contribution is 5.40. The zero-order valence-corrected chi connectivity index (χ0v) is 11.4. The van der Waals surface area contributed by atoms with Crippen LogP contribution in [0.25, 0.3) is 0 Å². The van der Waals surface area contributed by atoms with E-state index in [1.54, 1.807) is 7.11 Å². The van der Waals surface area contributed by atoms with Gasteiger partial charge in [-0.3, -0.25) is 0 Å². The molecule has 1 aromatic rings. The Hall–Kier alpha value is -1.06. The van der Waals surface area contributed by atoms with E-state index in [4.69, 9.17) is 4.74 Å². The Labute approximate surface area is 109 Å². The lowest BCUT2D eigenvalue weighted by Gasteiger charge is -2.21. The summed E-state index contributed by atoms with van der Waals surface area (Å²) in [7, 11) is 1.66. The second-order valence-corrected chi connectivity index (χ2v) is 5.30. The molecule has 2 rings (SSSR count). The van der Waals surface area contributed by atoms with Crippen molar-refractivity contribution < 1.29 is 9.84 Å². The molecule has 2 atom stereocenters. The van der Waals surface area contributed by atoms with Gasteiger partial charge in [-0.2, -0.15) is 0 Å². The minimum atomic E-state index is -0.483. The summed E-state index contributed by atoms with van der Waals surface area (Å²) >= 11 is 0. The molecule has 100 valence electrons. The van der Waals surface area contributed by atoms with Gasteiger partial charge >= 0.3 is 0 Å². The monoisotopic (exact) mass is 249 g/mol. The zero-order valence-electron chi connectivity index (χ0n) is 11.4. The summed E-state index contributed by atoms with van der Waals surface area (Å²) in [6.45, 7) is 5.31. The summed E-state index contributed by atoms with van der Waals surface area (Å²) in [6.07, 6.45) is 1.67. The summed E-state index contributed by atoms with van der Waals surface area (Å²) in [5, 5.41) is 13.8. The lowest BCUT2D eigenvalue weighted by atomic mass is 9.95. The molecule has 1 aromatic carbocycles. The third-order valence-corrected chi connectivity index (χ3v) is 3.72. The summed E-state index contributed by atoms with van der Waals surface area (Å²) in [6, 6.07) is 6.28. The first-order valence-electron chi connectivity index (χ1n) is 6.72. The van der Waals surface area contributed by atoms with E-state index < -0.39 is 6.10 Å². The summed E-state index contributed by atoms with van der Waals surface area (Å²) in [4.78, 5) is 0. The van der Waals surface area contributed by atoms with E-state index in [0.717, 1.165) is 30.7 Å². The minimum absolute atomic E-state index is 0.156. The molecule has 1 saturated heterocycles. The normalized spacial score (nSPS) is 21.3. The Bertz CT molecular complexity index is 397. The van der Waals surface area contributed by atoms with Crippen molar-refractivity contribution in [1.82, 2.24) is 5.32 Å². The molecule has 0 spiro atoms. The van der Waals surface area contributed by atoms with Gasteiger partial charge in [-0.15, -0.1) is 0 Å². The van der Waals surface area contributed by atoms with Gasteiger partial charge in [-0.25, -0.2) is 0 Å². The zero-order chi connectivity index (χ0) is 13.1. The van der Waals surface area contributed by atoms with Crippen molar-refractivity contribution in [1.29, 1.82) is 0 Å². The predicted octanol–water partition coefficient (Wildman–Crippen LogP) is 2.60. The number of hydrogen-bond acceptors (Lipinski definition) is 3. The molecule has 2 N–H and O–H groups in total. The van der Waals surface area contributed by atoms with E-state index in [2.05, 4.69) is 25.2 Å². The molecule has 1 fully saturated rings. The van der Waals surface area contributed by atoms with Crippen molar-refractivity contribution in [3.05, 3.63) is 29.3 Å². The van der Waals surface area contributed by atoms with Gasteiger partial charge in [-0.05, 0) is 36.9 Å². The lowest BCUT2D eigenvalue weighted by molar-refractivity contribution is 0.134. The molecule has 3 nitrogen and oxygen atoms in total. The number of nitrogens with one attached hydrogen (secondary N) is 1. The molecule has 0 radical (unpaired) electrons. The molecule has 1 aliphatic heterocycles. The van der Waals surface area contributed by atoms with E-state index in [1.807, 2.05) is 12.1 Å². The number of aliphatic hydroxyl groups excluding tert-OH is 1. The molecule has 0 amide bonds. The average molecular weight is 249 g/mol. The number of benzene rings is 1. The van der Waals surface area contributed by atoms with Crippen LogP contribution in [0.4, 0.5) is 0 Å². The Morgan fingerprint density at radius 1 is 1.39 bits per heavy atom. The minimum Gasteiger partial charge on any atom is -0.496 e. The molecule has 0 saturated carbocycles. The maximum absolute atomic E-state index is 10.4. The third-order valence-electron chi connectivity index (χ3n) is 3.72. The van der Waals surface area contributed by atoms with Crippen molar-refractivity contribution in [3.63, 3.8) is 0 Å². The van der Waals surface area contributed by atoms with Crippen LogP contribution in [0.3, 0.4) is 0 Å². The molecule has 0 bridgehead atoms. The van der Waals surface area contributed by atoms with Gasteiger partial charge in [0.05, 0.1) is 13.2 Å². The van der Waals surface area contributed by atoms with E-state index in [-0.39, 0.29) is 6.04 Å². The number of methoxy groups -OCH3 is 1. The van der Waals surface area contributed by atoms with Crippen molar-refractivity contribution in [2.24, 2.45) is 0 Å². The highest BCUT2D eigenvalue weighted by Crippen LogP contribution is 2.32. The lowest BCUT2D eigenvalue weighted by Crippen LogP contribution is -2.29. The van der Waals surface area contributed by atoms with Crippen LogP contribution in [0.2, 0.25) is 0 Å². The molecule has 1 aliphatic rings. The summed E-state index contributed by atoms with van der Waals surface area (Å²) in [5.74, 6) is 1.26. The van der Waals surface area contributed by atoms with Crippen LogP contribution < -0.4 is 10.1 Å². The molecule has 2 unspecified atom stereocenters. The number of hydrogen-bond donors (Lipinski definition) is 2. The topological polar surface area (TPSA) is 41.5 Å². The quantitative estimate of drug-likeness (QED) is 0.862. The molecular weight excluding hydrogens is 226 g/mol. The molecular formula is C15H23NO2. The van der Waals surface area contributed by atoms with Gasteiger partial charge < -0.3 is 15.2 Å². The smallest absolute Gasteiger partial charge is 0.125 e. The van der Waals surface area contributed by atoms with Gasteiger partial charge in [0.2, 0.25) is 0 Å². The highest BCUT2D eigenvalue weighted by atomic mass is 16.5. The maximum atomic E-state index is 10.4. The molecule has 3 heteroatoms. The van der Waals surface area contributed by atoms with Crippen LogP contribution >= 0.6 is 0 Å². The fourth-order valence-corrected chi connectivity index (χ4v) is 2.53. The second-order valence-electron chi connectivity index (χ2n) is 5.30. The first-order chi connectivity index (χ1) is 8.63. The van der Waals surface area contributed by atoms with Gasteiger partial charge in [0.25, 0.3) is 0 Å². The number of ether oxygens (including phenoxy) is 1. The average Bonchev–Trinajstić information content (AvgIpc) is 2.90. The predicted molar refractivity (Wildman–Crippen MR) is 73.1 cm³/mol. The standard InChI is InChI=1S/C15H23NO2/c1-10(2)11-6-7-12(14(9-11)18-3)15(17)13-5-4-8-16-13/h6-7,9-10,13,15-17H,4-5,8H2,1-3H3. The summed E-state index contributed by atoms with van der Waals surface area (Å²) in [5.41, 5.74) is 2.13. The fraction of sp³-hybridized carbons (Fsp3) is 0.600. The van der Waals surface area contributed by atoms with E-state index >= 15 is 0 Å². The van der Waals surface area contributed by atoms with E-state index in [9.17, 15) is 5.11 Å². The van der Waals surface area contributed by atoms with Crippen molar-refractivity contribution >= 4 is 0 Å². The molecule has 0 aliphatic carbocycles. The fourth-order valence-electron chi connectivity index (χ4n) is 2.53. The third kappa shape index (κ3) is 2.68. The molecule has 18 heavy (non-hydrogen) atoms. The van der Waals surface area contributed by atoms with Gasteiger partial charge in [-0.1, -0.05) is 26.0 Å². The SMILES string of the molecule is COc1cc(C(C)C)ccc1C(O)C1CCCN1. The Morgan fingerprint density at radius 2 is 2.17 bits per heavy atom. The molecule has 0 aromatic heterocycles. The first-order valence-corrected chi connectivity index (χ1v) is 6.72. The van der Waals surface area contributed by atoms with E-state index in [1.165, 1.54) is 5.56 Å². The number of aliphatic hydroxyl groups is 1. The Kier molecular flexibility index (Phi) is 4.25. The first kappa shape index (κ1) is 13.4. The molecule has 1 heterocycles. The second kappa shape index (κ2) is 5.72. The van der Waals surface area contributed by atoms with Crippen LogP contribution in [-0.4, -0.2) is 24.8 Å². The maximum Gasteiger partial charge on any atom is 0.125 e. The van der Waals surface area contributed by atoms with Crippen LogP contribution in [0.15, 0.2) is 18.2 Å². The van der Waals surface area contributed by atoms with Crippen LogP contribution in [0, 0.1) is 0 Å². The highest BCUT2D eigenvalue weighted by Gasteiger charge is 2.26. The van der Waals surface area contributed by atoms with Gasteiger partial charge in [0.15, 0.2) is 0 Å². The Balaban J connectivity index is 2.26. The van der Waals surface area contributed by atoms with Crippen molar-refractivity contribution in [2.45, 2.75) is 44.8 Å². The van der Waals surface area contributed by atoms with Crippen LogP contribution in [0.5, 0.6) is 5.75 Å². The van der Waals surface area contributed by atoms with Gasteiger partial charge in [0.1, 0.15) is 5.75 Å². The number of rotatable bonds is 4. The van der Waals surface area contributed by atoms with Crippen LogP contribution in [0.1, 0.15) is 49.8 Å². The Morgan fingerprint density at radius 3 is 2.72 bits per heavy atom. The summed E-state index contributed by atoms with van der Waals surface area (Å²) < 4.78 is 5.43. The van der Waals surface area contributed by atoms with Crippen LogP contribution in [-0.2, 0) is 0 Å². The van der Waals surface area contributed by atoms with Gasteiger partial charge in [0, 0.05) is 11.6 Å².